The Morgan fingerprint density at radius 2 is 1.85 bits per heavy atom. The molecule has 0 amide bonds. The summed E-state index contributed by atoms with van der Waals surface area (Å²) >= 11 is 15.1. The van der Waals surface area contributed by atoms with Crippen molar-refractivity contribution in [3.05, 3.63) is 27.7 Å². The lowest BCUT2D eigenvalue weighted by Gasteiger charge is -2.26. The Labute approximate surface area is 141 Å². The van der Waals surface area contributed by atoms with Crippen molar-refractivity contribution in [1.82, 2.24) is 4.90 Å². The first kappa shape index (κ1) is 17.7. The third-order valence-electron chi connectivity index (χ3n) is 3.02. The van der Waals surface area contributed by atoms with Gasteiger partial charge < -0.3 is 10.2 Å². The second-order valence-electron chi connectivity index (χ2n) is 4.75. The van der Waals surface area contributed by atoms with Gasteiger partial charge >= 0.3 is 0 Å². The predicted octanol–water partition coefficient (Wildman–Crippen LogP) is 5.70. The summed E-state index contributed by atoms with van der Waals surface area (Å²) < 4.78 is 0.966. The lowest BCUT2D eigenvalue weighted by atomic mass is 10.2. The van der Waals surface area contributed by atoms with Crippen LogP contribution in [0.25, 0.3) is 0 Å². The number of halogens is 2. The number of nitrogens with zero attached hydrogens (tertiary/aromatic N) is 1. The maximum atomic E-state index is 6.22. The summed E-state index contributed by atoms with van der Waals surface area (Å²) in [7, 11) is 0. The van der Waals surface area contributed by atoms with Gasteiger partial charge in [0.15, 0.2) is 5.11 Å². The van der Waals surface area contributed by atoms with E-state index in [1.54, 1.807) is 0 Å². The van der Waals surface area contributed by atoms with Gasteiger partial charge in [0.2, 0.25) is 0 Å². The van der Waals surface area contributed by atoms with Gasteiger partial charge in [0.1, 0.15) is 0 Å². The Bertz CT molecular complexity index is 432. The topological polar surface area (TPSA) is 15.3 Å². The molecule has 0 bridgehead atoms. The van der Waals surface area contributed by atoms with Crippen LogP contribution in [-0.2, 0) is 0 Å². The Hall–Kier alpha value is -0.320. The molecule has 0 aliphatic rings. The highest BCUT2D eigenvalue weighted by Gasteiger charge is 2.10. The molecule has 0 aromatic heterocycles. The van der Waals surface area contributed by atoms with Crippen LogP contribution in [0.2, 0.25) is 5.02 Å². The molecular weight excluding hydrogens is 356 g/mol. The molecular formula is C15H22BrClN2S. The minimum absolute atomic E-state index is 0.674. The Balaban J connectivity index is 2.68. The summed E-state index contributed by atoms with van der Waals surface area (Å²) in [6, 6.07) is 5.77. The molecule has 0 heterocycles. The van der Waals surface area contributed by atoms with Gasteiger partial charge in [0.05, 0.1) is 10.7 Å². The fraction of sp³-hybridized carbons (Fsp3) is 0.533. The van der Waals surface area contributed by atoms with Gasteiger partial charge in [0.25, 0.3) is 0 Å². The molecule has 20 heavy (non-hydrogen) atoms. The lowest BCUT2D eigenvalue weighted by molar-refractivity contribution is 0.403. The van der Waals surface area contributed by atoms with Gasteiger partial charge in [-0.2, -0.15) is 0 Å². The van der Waals surface area contributed by atoms with Crippen LogP contribution in [0, 0.1) is 0 Å². The van der Waals surface area contributed by atoms with Crippen LogP contribution in [0.15, 0.2) is 22.7 Å². The molecule has 0 unspecified atom stereocenters. The van der Waals surface area contributed by atoms with Crippen LogP contribution in [-0.4, -0.2) is 23.1 Å². The summed E-state index contributed by atoms with van der Waals surface area (Å²) in [6.45, 7) is 6.38. The molecule has 5 heteroatoms. The molecule has 1 aromatic carbocycles. The van der Waals surface area contributed by atoms with Gasteiger partial charge in [-0.1, -0.05) is 54.2 Å². The highest BCUT2D eigenvalue weighted by molar-refractivity contribution is 9.10. The number of hydrogen-bond acceptors (Lipinski definition) is 1. The molecule has 0 aliphatic heterocycles. The minimum Gasteiger partial charge on any atom is -0.349 e. The van der Waals surface area contributed by atoms with E-state index in [9.17, 15) is 0 Å². The predicted molar refractivity (Wildman–Crippen MR) is 96.8 cm³/mol. The van der Waals surface area contributed by atoms with E-state index >= 15 is 0 Å². The quantitative estimate of drug-likeness (QED) is 0.613. The maximum absolute atomic E-state index is 6.22. The molecule has 0 fully saturated rings. The van der Waals surface area contributed by atoms with E-state index in [0.29, 0.717) is 5.02 Å². The van der Waals surface area contributed by atoms with Crippen LogP contribution in [0.5, 0.6) is 0 Å². The van der Waals surface area contributed by atoms with Crippen molar-refractivity contribution in [2.75, 3.05) is 18.4 Å². The first-order valence-corrected chi connectivity index (χ1v) is 8.67. The van der Waals surface area contributed by atoms with Crippen molar-refractivity contribution in [1.29, 1.82) is 0 Å². The fourth-order valence-corrected chi connectivity index (χ4v) is 2.81. The standard InChI is InChI=1S/C15H22BrClN2S/c1-3-5-9-19(10-6-4-2)15(20)18-14-8-7-12(16)11-13(14)17/h7-8,11H,3-6,9-10H2,1-2H3,(H,18,20). The summed E-state index contributed by atoms with van der Waals surface area (Å²) in [6.07, 6.45) is 4.65. The average molecular weight is 378 g/mol. The highest BCUT2D eigenvalue weighted by Crippen LogP contribution is 2.26. The third kappa shape index (κ3) is 5.98. The molecule has 1 aromatic rings. The minimum atomic E-state index is 0.674. The van der Waals surface area contributed by atoms with Crippen LogP contribution >= 0.6 is 39.7 Å². The third-order valence-corrected chi connectivity index (χ3v) is 4.19. The van der Waals surface area contributed by atoms with E-state index in [0.717, 1.165) is 41.2 Å². The van der Waals surface area contributed by atoms with E-state index in [1.807, 2.05) is 18.2 Å². The molecule has 0 radical (unpaired) electrons. The normalized spacial score (nSPS) is 10.4. The van der Waals surface area contributed by atoms with Crippen molar-refractivity contribution in [3.63, 3.8) is 0 Å². The number of anilines is 1. The zero-order valence-corrected chi connectivity index (χ0v) is 15.2. The summed E-state index contributed by atoms with van der Waals surface area (Å²) in [5.41, 5.74) is 0.859. The van der Waals surface area contributed by atoms with Gasteiger partial charge in [-0.15, -0.1) is 0 Å². The van der Waals surface area contributed by atoms with E-state index < -0.39 is 0 Å². The molecule has 0 saturated heterocycles. The number of thiocarbonyl (C=S) groups is 1. The molecule has 112 valence electrons. The maximum Gasteiger partial charge on any atom is 0.173 e. The zero-order chi connectivity index (χ0) is 15.0. The SMILES string of the molecule is CCCCN(CCCC)C(=S)Nc1ccc(Br)cc1Cl. The molecule has 1 N–H and O–H groups in total. The van der Waals surface area contributed by atoms with E-state index in [1.165, 1.54) is 12.8 Å². The molecule has 0 aliphatic carbocycles. The van der Waals surface area contributed by atoms with Crippen LogP contribution in [0.3, 0.4) is 0 Å². The van der Waals surface area contributed by atoms with Gasteiger partial charge in [-0.3, -0.25) is 0 Å². The molecule has 1 rings (SSSR count). The van der Waals surface area contributed by atoms with Gasteiger partial charge in [-0.05, 0) is 43.3 Å². The summed E-state index contributed by atoms with van der Waals surface area (Å²) in [4.78, 5) is 2.24. The highest BCUT2D eigenvalue weighted by atomic mass is 79.9. The smallest absolute Gasteiger partial charge is 0.173 e. The number of rotatable bonds is 7. The van der Waals surface area contributed by atoms with Crippen LogP contribution < -0.4 is 5.32 Å². The lowest BCUT2D eigenvalue weighted by Crippen LogP contribution is -2.36. The second-order valence-corrected chi connectivity index (χ2v) is 6.46. The van der Waals surface area contributed by atoms with Crippen molar-refractivity contribution < 1.29 is 0 Å². The summed E-state index contributed by atoms with van der Waals surface area (Å²) in [5, 5.41) is 4.69. The number of benzene rings is 1. The number of unbranched alkanes of at least 4 members (excludes halogenated alkanes) is 2. The monoisotopic (exact) mass is 376 g/mol. The molecule has 2 nitrogen and oxygen atoms in total. The van der Waals surface area contributed by atoms with Gasteiger partial charge in [-0.25, -0.2) is 0 Å². The van der Waals surface area contributed by atoms with E-state index in [4.69, 9.17) is 23.8 Å². The van der Waals surface area contributed by atoms with Crippen molar-refractivity contribution >= 4 is 50.5 Å². The average Bonchev–Trinajstić information content (AvgIpc) is 2.42. The first-order valence-electron chi connectivity index (χ1n) is 7.09. The fourth-order valence-electron chi connectivity index (χ4n) is 1.80. The second kappa shape index (κ2) is 9.59. The van der Waals surface area contributed by atoms with Crippen molar-refractivity contribution in [2.45, 2.75) is 39.5 Å². The largest absolute Gasteiger partial charge is 0.349 e. The van der Waals surface area contributed by atoms with Gasteiger partial charge in [0, 0.05) is 17.6 Å². The summed E-state index contributed by atoms with van der Waals surface area (Å²) in [5.74, 6) is 0. The van der Waals surface area contributed by atoms with Crippen molar-refractivity contribution in [3.8, 4) is 0 Å². The van der Waals surface area contributed by atoms with Crippen LogP contribution in [0.1, 0.15) is 39.5 Å². The van der Waals surface area contributed by atoms with Crippen molar-refractivity contribution in [2.24, 2.45) is 0 Å². The number of hydrogen-bond donors (Lipinski definition) is 1. The first-order chi connectivity index (χ1) is 9.58. The number of nitrogens with one attached hydrogen (secondary N) is 1. The van der Waals surface area contributed by atoms with E-state index in [2.05, 4.69) is 40.0 Å². The van der Waals surface area contributed by atoms with E-state index in [-0.39, 0.29) is 0 Å². The zero-order valence-electron chi connectivity index (χ0n) is 12.1. The Morgan fingerprint density at radius 3 is 2.35 bits per heavy atom. The van der Waals surface area contributed by atoms with Crippen LogP contribution in [0.4, 0.5) is 5.69 Å². The molecule has 0 spiro atoms. The Morgan fingerprint density at radius 1 is 1.25 bits per heavy atom. The molecule has 0 saturated carbocycles. The molecule has 0 atom stereocenters. The Kier molecular flexibility index (Phi) is 8.50.